The first kappa shape index (κ1) is 18.7. The molecule has 1 heterocycles. The number of aromatic nitrogens is 2. The van der Waals surface area contributed by atoms with Crippen LogP contribution in [0.1, 0.15) is 32.9 Å². The predicted molar refractivity (Wildman–Crippen MR) is 103 cm³/mol. The molecule has 0 saturated carbocycles. The average Bonchev–Trinajstić information content (AvgIpc) is 2.65. The Kier molecular flexibility index (Phi) is 5.05. The number of carbonyl (C=O) groups excluding carboxylic acids is 1. The highest BCUT2D eigenvalue weighted by Crippen LogP contribution is 2.26. The lowest BCUT2D eigenvalue weighted by atomic mass is 10.0. The van der Waals surface area contributed by atoms with Gasteiger partial charge in [-0.15, -0.1) is 0 Å². The summed E-state index contributed by atoms with van der Waals surface area (Å²) >= 11 is 0. The van der Waals surface area contributed by atoms with Crippen molar-refractivity contribution in [3.8, 4) is 0 Å². The number of benzene rings is 2. The Bertz CT molecular complexity index is 1090. The lowest BCUT2D eigenvalue weighted by molar-refractivity contribution is 0.103. The molecule has 0 aliphatic carbocycles. The number of nitrogens with one attached hydrogen (secondary N) is 1. The van der Waals surface area contributed by atoms with E-state index in [9.17, 15) is 13.2 Å². The van der Waals surface area contributed by atoms with Gasteiger partial charge in [-0.25, -0.2) is 18.4 Å². The predicted octanol–water partition coefficient (Wildman–Crippen LogP) is 3.43. The zero-order valence-electron chi connectivity index (χ0n) is 15.2. The number of ketones is 1. The first-order chi connectivity index (χ1) is 12.8. The summed E-state index contributed by atoms with van der Waals surface area (Å²) in [5.74, 6) is -0.433. The summed E-state index contributed by atoms with van der Waals surface area (Å²) < 4.78 is 28.1. The van der Waals surface area contributed by atoms with Crippen molar-refractivity contribution in [2.24, 2.45) is 0 Å². The molecule has 1 aromatic heterocycles. The van der Waals surface area contributed by atoms with Crippen LogP contribution in [-0.4, -0.2) is 24.2 Å². The molecule has 0 bridgehead atoms. The number of rotatable bonds is 5. The zero-order valence-corrected chi connectivity index (χ0v) is 16.0. The Labute approximate surface area is 158 Å². The number of nitrogens with zero attached hydrogens (tertiary/aromatic N) is 2. The molecule has 0 radical (unpaired) electrons. The van der Waals surface area contributed by atoms with Gasteiger partial charge in [0.15, 0.2) is 0 Å². The summed E-state index contributed by atoms with van der Waals surface area (Å²) in [4.78, 5) is 20.9. The number of aryl methyl sites for hydroxylation is 3. The van der Waals surface area contributed by atoms with E-state index in [1.807, 2.05) is 20.8 Å². The standard InChI is InChI=1S/C20H19N3O3S/c1-13-5-7-16(8-6-13)27(25,26)23-18-12-15(3)14(2)11-17(18)19(24)20-21-9-4-10-22-20/h4-12,23H,1-3H3. The number of carbonyl (C=O) groups is 1. The Morgan fingerprint density at radius 3 is 2.15 bits per heavy atom. The van der Waals surface area contributed by atoms with E-state index in [1.165, 1.54) is 24.5 Å². The molecule has 0 aliphatic heterocycles. The van der Waals surface area contributed by atoms with E-state index in [4.69, 9.17) is 0 Å². The van der Waals surface area contributed by atoms with Crippen LogP contribution in [0.4, 0.5) is 5.69 Å². The van der Waals surface area contributed by atoms with Gasteiger partial charge in [0, 0.05) is 12.4 Å². The fourth-order valence-corrected chi connectivity index (χ4v) is 3.62. The van der Waals surface area contributed by atoms with Crippen LogP contribution in [0.5, 0.6) is 0 Å². The molecule has 0 fully saturated rings. The summed E-state index contributed by atoms with van der Waals surface area (Å²) in [5, 5.41) is 0. The Hall–Kier alpha value is -3.06. The van der Waals surface area contributed by atoms with Crippen LogP contribution in [0.25, 0.3) is 0 Å². The van der Waals surface area contributed by atoms with E-state index < -0.39 is 15.8 Å². The van der Waals surface area contributed by atoms with Crippen molar-refractivity contribution in [2.75, 3.05) is 4.72 Å². The lowest BCUT2D eigenvalue weighted by Crippen LogP contribution is -2.17. The third-order valence-corrected chi connectivity index (χ3v) is 5.60. The van der Waals surface area contributed by atoms with Gasteiger partial charge in [-0.05, 0) is 62.2 Å². The Morgan fingerprint density at radius 2 is 1.52 bits per heavy atom. The quantitative estimate of drug-likeness (QED) is 0.684. The fourth-order valence-electron chi connectivity index (χ4n) is 2.55. The molecule has 0 unspecified atom stereocenters. The summed E-state index contributed by atoms with van der Waals surface area (Å²) in [6.07, 6.45) is 2.94. The van der Waals surface area contributed by atoms with E-state index in [2.05, 4.69) is 14.7 Å². The number of hydrogen-bond donors (Lipinski definition) is 1. The van der Waals surface area contributed by atoms with E-state index >= 15 is 0 Å². The van der Waals surface area contributed by atoms with E-state index in [0.29, 0.717) is 0 Å². The van der Waals surface area contributed by atoms with Crippen LogP contribution in [0.3, 0.4) is 0 Å². The minimum atomic E-state index is -3.84. The second-order valence-electron chi connectivity index (χ2n) is 6.30. The molecule has 138 valence electrons. The van der Waals surface area contributed by atoms with Gasteiger partial charge < -0.3 is 0 Å². The fraction of sp³-hybridized carbons (Fsp3) is 0.150. The van der Waals surface area contributed by atoms with Gasteiger partial charge in [-0.1, -0.05) is 17.7 Å². The van der Waals surface area contributed by atoms with E-state index in [1.54, 1.807) is 30.3 Å². The molecular weight excluding hydrogens is 362 g/mol. The van der Waals surface area contributed by atoms with Gasteiger partial charge in [0.2, 0.25) is 11.6 Å². The maximum Gasteiger partial charge on any atom is 0.261 e. The van der Waals surface area contributed by atoms with Crippen LogP contribution in [0, 0.1) is 20.8 Å². The van der Waals surface area contributed by atoms with Crippen molar-refractivity contribution < 1.29 is 13.2 Å². The first-order valence-electron chi connectivity index (χ1n) is 8.30. The van der Waals surface area contributed by atoms with Gasteiger partial charge in [0.25, 0.3) is 10.0 Å². The number of hydrogen-bond acceptors (Lipinski definition) is 5. The maximum absolute atomic E-state index is 12.8. The molecular formula is C20H19N3O3S. The zero-order chi connectivity index (χ0) is 19.6. The van der Waals surface area contributed by atoms with Crippen molar-refractivity contribution in [3.63, 3.8) is 0 Å². The summed E-state index contributed by atoms with van der Waals surface area (Å²) in [7, 11) is -3.84. The summed E-state index contributed by atoms with van der Waals surface area (Å²) in [6, 6.07) is 11.4. The second kappa shape index (κ2) is 7.28. The first-order valence-corrected chi connectivity index (χ1v) is 9.79. The molecule has 0 atom stereocenters. The van der Waals surface area contributed by atoms with E-state index in [-0.39, 0.29) is 22.0 Å². The average molecular weight is 381 g/mol. The molecule has 3 rings (SSSR count). The van der Waals surface area contributed by atoms with Crippen LogP contribution < -0.4 is 4.72 Å². The molecule has 0 saturated heterocycles. The minimum absolute atomic E-state index is 0.0107. The van der Waals surface area contributed by atoms with Crippen molar-refractivity contribution in [1.82, 2.24) is 9.97 Å². The van der Waals surface area contributed by atoms with E-state index in [0.717, 1.165) is 16.7 Å². The van der Waals surface area contributed by atoms with Gasteiger partial charge >= 0.3 is 0 Å². The van der Waals surface area contributed by atoms with Gasteiger partial charge in [-0.2, -0.15) is 0 Å². The van der Waals surface area contributed by atoms with Gasteiger partial charge in [-0.3, -0.25) is 9.52 Å². The van der Waals surface area contributed by atoms with Gasteiger partial charge in [0.05, 0.1) is 16.1 Å². The smallest absolute Gasteiger partial charge is 0.261 e. The second-order valence-corrected chi connectivity index (χ2v) is 7.98. The lowest BCUT2D eigenvalue weighted by Gasteiger charge is -2.14. The highest BCUT2D eigenvalue weighted by Gasteiger charge is 2.22. The number of sulfonamides is 1. The summed E-state index contributed by atoms with van der Waals surface area (Å²) in [5.41, 5.74) is 3.10. The molecule has 27 heavy (non-hydrogen) atoms. The van der Waals surface area contributed by atoms with Crippen molar-refractivity contribution in [3.05, 3.63) is 82.9 Å². The van der Waals surface area contributed by atoms with Crippen molar-refractivity contribution in [2.45, 2.75) is 25.7 Å². The van der Waals surface area contributed by atoms with Crippen molar-refractivity contribution in [1.29, 1.82) is 0 Å². The topological polar surface area (TPSA) is 89.0 Å². The molecule has 6 nitrogen and oxygen atoms in total. The molecule has 3 aromatic rings. The SMILES string of the molecule is Cc1ccc(S(=O)(=O)Nc2cc(C)c(C)cc2C(=O)c2ncccn2)cc1. The summed E-state index contributed by atoms with van der Waals surface area (Å²) in [6.45, 7) is 5.59. The van der Waals surface area contributed by atoms with Crippen LogP contribution >= 0.6 is 0 Å². The van der Waals surface area contributed by atoms with Crippen molar-refractivity contribution >= 4 is 21.5 Å². The van der Waals surface area contributed by atoms with Gasteiger partial charge in [0.1, 0.15) is 0 Å². The molecule has 7 heteroatoms. The third kappa shape index (κ3) is 4.03. The molecule has 0 amide bonds. The normalized spacial score (nSPS) is 11.2. The minimum Gasteiger partial charge on any atom is -0.285 e. The molecule has 0 aliphatic rings. The number of anilines is 1. The molecule has 1 N–H and O–H groups in total. The monoisotopic (exact) mass is 381 g/mol. The maximum atomic E-state index is 12.8. The largest absolute Gasteiger partial charge is 0.285 e. The molecule has 0 spiro atoms. The molecule has 2 aromatic carbocycles. The van der Waals surface area contributed by atoms with Crippen LogP contribution in [0.15, 0.2) is 59.8 Å². The van der Waals surface area contributed by atoms with Crippen LogP contribution in [-0.2, 0) is 10.0 Å². The highest BCUT2D eigenvalue weighted by atomic mass is 32.2. The third-order valence-electron chi connectivity index (χ3n) is 4.22. The Morgan fingerprint density at radius 1 is 0.926 bits per heavy atom. The van der Waals surface area contributed by atoms with Crippen LogP contribution in [0.2, 0.25) is 0 Å². The Balaban J connectivity index is 2.06. The highest BCUT2D eigenvalue weighted by molar-refractivity contribution is 7.92.